The van der Waals surface area contributed by atoms with E-state index >= 15 is 0 Å². The zero-order valence-electron chi connectivity index (χ0n) is 45.2. The number of nitrogens with zero attached hydrogens (tertiary/aromatic N) is 5. The number of hydrogen-bond acceptors (Lipinski definition) is 4. The average Bonchev–Trinajstić information content (AvgIpc) is 2.37. The van der Waals surface area contributed by atoms with Crippen LogP contribution in [0.4, 0.5) is 22.7 Å². The van der Waals surface area contributed by atoms with E-state index in [1.165, 1.54) is 76.2 Å². The fourth-order valence-corrected chi connectivity index (χ4v) is 15.1. The van der Waals surface area contributed by atoms with Crippen LogP contribution in [0.15, 0.2) is 224 Å². The molecule has 7 heterocycles. The average molecular weight is 1040 g/mol. The van der Waals surface area contributed by atoms with Gasteiger partial charge in [0.2, 0.25) is 0 Å². The Hall–Kier alpha value is -9.85. The topological polar surface area (TPSA) is 39.7 Å². The molecule has 0 atom stereocenters. The van der Waals surface area contributed by atoms with Gasteiger partial charge < -0.3 is 33.0 Å². The summed E-state index contributed by atoms with van der Waals surface area (Å²) in [6.45, 7) is 8.89. The van der Waals surface area contributed by atoms with Crippen molar-refractivity contribution < 1.29 is 9.47 Å². The molecule has 0 aliphatic carbocycles. The van der Waals surface area contributed by atoms with E-state index in [2.05, 4.69) is 276 Å². The molecule has 0 bridgehead atoms. The highest BCUT2D eigenvalue weighted by atomic mass is 16.5. The lowest BCUT2D eigenvalue weighted by molar-refractivity contribution is 0.487. The van der Waals surface area contributed by atoms with Crippen molar-refractivity contribution in [1.29, 1.82) is 0 Å². The number of aromatic nitrogens is 3. The van der Waals surface area contributed by atoms with Gasteiger partial charge in [-0.05, 0) is 121 Å². The third kappa shape index (κ3) is 6.05. The minimum Gasteiger partial charge on any atom is -0.458 e. The Kier molecular flexibility index (Phi) is 9.11. The van der Waals surface area contributed by atoms with E-state index in [1.54, 1.807) is 0 Å². The summed E-state index contributed by atoms with van der Waals surface area (Å²) in [5.74, 6) is 3.50. The van der Waals surface area contributed by atoms with Gasteiger partial charge in [-0.1, -0.05) is 140 Å². The lowest BCUT2D eigenvalue weighted by atomic mass is 9.34. The summed E-state index contributed by atoms with van der Waals surface area (Å²) in [5, 5.41) is 7.37. The molecule has 81 heavy (non-hydrogen) atoms. The molecule has 0 amide bonds. The van der Waals surface area contributed by atoms with Gasteiger partial charge in [0.05, 0.1) is 22.1 Å². The van der Waals surface area contributed by atoms with Crippen molar-refractivity contribution in [3.63, 3.8) is 0 Å². The number of hydrogen-bond donors (Lipinski definition) is 0. The van der Waals surface area contributed by atoms with Crippen LogP contribution in [0.3, 0.4) is 0 Å². The number of para-hydroxylation sites is 7. The van der Waals surface area contributed by atoms with Crippen molar-refractivity contribution in [2.24, 2.45) is 0 Å². The predicted molar refractivity (Wildman–Crippen MR) is 339 cm³/mol. The Bertz CT molecular complexity index is 4750. The van der Waals surface area contributed by atoms with Gasteiger partial charge in [0.1, 0.15) is 23.0 Å². The Balaban J connectivity index is 0.914. The van der Waals surface area contributed by atoms with Gasteiger partial charge in [-0.2, -0.15) is 0 Å². The highest BCUT2D eigenvalue weighted by Crippen LogP contribution is 2.46. The minimum absolute atomic E-state index is 0.0965. The summed E-state index contributed by atoms with van der Waals surface area (Å²) in [7, 11) is 0. The predicted octanol–water partition coefficient (Wildman–Crippen LogP) is 13.9. The lowest BCUT2D eigenvalue weighted by Crippen LogP contribution is -2.58. The van der Waals surface area contributed by atoms with Crippen LogP contribution in [-0.4, -0.2) is 39.2 Å². The molecule has 0 unspecified atom stereocenters. The third-order valence-electron chi connectivity index (χ3n) is 18.1. The van der Waals surface area contributed by atoms with Crippen molar-refractivity contribution in [1.82, 2.24) is 13.7 Å². The molecule has 9 heteroatoms. The second-order valence-electron chi connectivity index (χ2n) is 23.1. The summed E-state index contributed by atoms with van der Waals surface area (Å²) < 4.78 is 22.5. The first-order valence-corrected chi connectivity index (χ1v) is 28.5. The zero-order valence-corrected chi connectivity index (χ0v) is 45.2. The van der Waals surface area contributed by atoms with Gasteiger partial charge in [-0.3, -0.25) is 0 Å². The van der Waals surface area contributed by atoms with Crippen molar-refractivity contribution in [2.75, 3.05) is 9.80 Å². The number of fused-ring (bicyclic) bond motifs is 17. The second kappa shape index (κ2) is 16.4. The van der Waals surface area contributed by atoms with Crippen LogP contribution >= 0.6 is 0 Å². The van der Waals surface area contributed by atoms with Crippen LogP contribution < -0.4 is 52.1 Å². The highest BCUT2D eigenvalue weighted by molar-refractivity contribution is 7.00. The quantitative estimate of drug-likeness (QED) is 0.149. The molecular formula is C72H51B2N5O2. The Labute approximate surface area is 469 Å². The van der Waals surface area contributed by atoms with E-state index < -0.39 is 0 Å². The smallest absolute Gasteiger partial charge is 0.256 e. The molecular weight excluding hydrogens is 988 g/mol. The van der Waals surface area contributed by atoms with Crippen LogP contribution in [0.1, 0.15) is 27.7 Å². The molecule has 0 spiro atoms. The molecule has 0 saturated carbocycles. The van der Waals surface area contributed by atoms with Crippen LogP contribution in [0, 0.1) is 0 Å². The molecule has 3 aromatic heterocycles. The summed E-state index contributed by atoms with van der Waals surface area (Å²) >= 11 is 0. The molecule has 4 aliphatic heterocycles. The molecule has 0 radical (unpaired) electrons. The van der Waals surface area contributed by atoms with Gasteiger partial charge in [0.15, 0.2) is 0 Å². The maximum Gasteiger partial charge on any atom is 0.256 e. The second-order valence-corrected chi connectivity index (χ2v) is 23.1. The molecule has 0 saturated heterocycles. The summed E-state index contributed by atoms with van der Waals surface area (Å²) in [5.41, 5.74) is 22.2. The fourth-order valence-electron chi connectivity index (χ4n) is 15.1. The molecule has 0 N–H and O–H groups in total. The van der Waals surface area contributed by atoms with Crippen molar-refractivity contribution >= 4 is 134 Å². The van der Waals surface area contributed by atoms with Gasteiger partial charge in [-0.15, -0.1) is 0 Å². The van der Waals surface area contributed by atoms with E-state index in [0.717, 1.165) is 84.8 Å². The third-order valence-corrected chi connectivity index (χ3v) is 18.1. The van der Waals surface area contributed by atoms with Crippen LogP contribution in [0.5, 0.6) is 23.0 Å². The van der Waals surface area contributed by atoms with E-state index in [4.69, 9.17) is 9.47 Å². The van der Waals surface area contributed by atoms with Gasteiger partial charge in [0, 0.05) is 120 Å². The molecule has 4 aliphatic rings. The van der Waals surface area contributed by atoms with E-state index in [9.17, 15) is 0 Å². The maximum absolute atomic E-state index is 7.51. The monoisotopic (exact) mass is 1040 g/mol. The Morgan fingerprint density at radius 1 is 0.321 bits per heavy atom. The van der Waals surface area contributed by atoms with Crippen LogP contribution in [0.25, 0.3) is 82.5 Å². The molecule has 382 valence electrons. The number of anilines is 4. The summed E-state index contributed by atoms with van der Waals surface area (Å²) in [6, 6.07) is 83.4. The molecule has 14 aromatic rings. The molecule has 0 fully saturated rings. The van der Waals surface area contributed by atoms with Gasteiger partial charge in [-0.25, -0.2) is 0 Å². The maximum atomic E-state index is 7.51. The Morgan fingerprint density at radius 3 is 1.17 bits per heavy atom. The fraction of sp³-hybridized carbons (Fsp3) is 0.0833. The highest BCUT2D eigenvalue weighted by Gasteiger charge is 2.44. The minimum atomic E-state index is -0.0965. The first-order valence-electron chi connectivity index (χ1n) is 28.5. The normalized spacial score (nSPS) is 13.3. The SMILES string of the molecule is CC(C)N(c1ccccc1)c1cc2c3c(c1)-n1c4ccccc4c4cccc(c41)B3c1cc3c4cc5c(cc4n(-c4ccccc4)c3cc1O2)Oc1cc(N(c2ccccc2)C(C)C)cc2c1B5c1cccc3c4ccccc4n-2c13. The van der Waals surface area contributed by atoms with Gasteiger partial charge in [0.25, 0.3) is 13.4 Å². The van der Waals surface area contributed by atoms with Crippen LogP contribution in [-0.2, 0) is 0 Å². The van der Waals surface area contributed by atoms with Crippen molar-refractivity contribution in [2.45, 2.75) is 39.8 Å². The zero-order chi connectivity index (χ0) is 53.5. The van der Waals surface area contributed by atoms with E-state index in [1.807, 2.05) is 0 Å². The molecule has 7 nitrogen and oxygen atoms in total. The number of benzene rings is 11. The standard InChI is InChI=1S/C72H51B2N5O2/c1-42(2)75(44-20-8-5-9-21-44)47-34-63-69-67(36-47)80-65-40-61-53(38-57(65)73(69)55-30-18-28-51-49-26-14-16-32-59(49)78(63)71(51)55)54-39-58-66(41-62(54)77(61)46-24-12-7-13-25-46)81-68-37-48(76(43(3)4)45-22-10-6-11-23-45)35-64-70(68)74(58)56-31-19-29-52-50-27-15-17-33-60(50)79(64)72(52)56/h5-43H,1-4H3. The first kappa shape index (κ1) is 45.1. The van der Waals surface area contributed by atoms with E-state index in [0.29, 0.717) is 0 Å². The van der Waals surface area contributed by atoms with Gasteiger partial charge >= 0.3 is 0 Å². The number of ether oxygens (including phenoxy) is 2. The summed E-state index contributed by atoms with van der Waals surface area (Å²) in [6.07, 6.45) is 0. The van der Waals surface area contributed by atoms with Crippen LogP contribution in [0.2, 0.25) is 0 Å². The molecule has 11 aromatic carbocycles. The van der Waals surface area contributed by atoms with Crippen molar-refractivity contribution in [3.8, 4) is 40.1 Å². The van der Waals surface area contributed by atoms with E-state index in [-0.39, 0.29) is 25.5 Å². The lowest BCUT2D eigenvalue weighted by Gasteiger charge is -2.36. The molecule has 18 rings (SSSR count). The number of rotatable bonds is 7. The van der Waals surface area contributed by atoms with Crippen molar-refractivity contribution in [3.05, 3.63) is 224 Å². The summed E-state index contributed by atoms with van der Waals surface area (Å²) in [4.78, 5) is 4.87. The first-order chi connectivity index (χ1) is 39.9. The Morgan fingerprint density at radius 2 is 0.728 bits per heavy atom. The largest absolute Gasteiger partial charge is 0.458 e.